The summed E-state index contributed by atoms with van der Waals surface area (Å²) in [5.41, 5.74) is 4.82. The average molecular weight is 405 g/mol. The van der Waals surface area contributed by atoms with Crippen molar-refractivity contribution in [2.45, 2.75) is 33.4 Å². The molecule has 6 nitrogen and oxygen atoms in total. The molecule has 0 fully saturated rings. The van der Waals surface area contributed by atoms with Crippen LogP contribution in [0.3, 0.4) is 0 Å². The Bertz CT molecular complexity index is 1060. The molecule has 0 radical (unpaired) electrons. The van der Waals surface area contributed by atoms with E-state index in [0.29, 0.717) is 32.3 Å². The van der Waals surface area contributed by atoms with Gasteiger partial charge in [-0.3, -0.25) is 19.2 Å². The first kappa shape index (κ1) is 20.3. The van der Waals surface area contributed by atoms with E-state index in [4.69, 9.17) is 4.98 Å². The summed E-state index contributed by atoms with van der Waals surface area (Å²) in [6, 6.07) is 18.4. The van der Waals surface area contributed by atoms with Crippen LogP contribution in [-0.4, -0.2) is 39.4 Å². The molecule has 6 heteroatoms. The summed E-state index contributed by atoms with van der Waals surface area (Å²) in [6.07, 6.45) is 1.54. The normalized spacial score (nSPS) is 14.0. The third kappa shape index (κ3) is 4.01. The fourth-order valence-electron chi connectivity index (χ4n) is 3.92. The molecule has 30 heavy (non-hydrogen) atoms. The van der Waals surface area contributed by atoms with Crippen LogP contribution in [0.1, 0.15) is 29.3 Å². The van der Waals surface area contributed by atoms with E-state index < -0.39 is 0 Å². The molecule has 4 rings (SSSR count). The molecule has 156 valence electrons. The van der Waals surface area contributed by atoms with E-state index in [1.54, 1.807) is 4.57 Å². The van der Waals surface area contributed by atoms with Gasteiger partial charge >= 0.3 is 0 Å². The topological polar surface area (TPSA) is 61.6 Å². The van der Waals surface area contributed by atoms with Crippen LogP contribution in [-0.2, 0) is 19.5 Å². The third-order valence-corrected chi connectivity index (χ3v) is 5.67. The second kappa shape index (κ2) is 8.81. The molecule has 2 aromatic carbocycles. The van der Waals surface area contributed by atoms with Gasteiger partial charge in [-0.1, -0.05) is 49.4 Å². The van der Waals surface area contributed by atoms with Crippen LogP contribution in [0.25, 0.3) is 0 Å². The number of aliphatic hydroxyl groups is 1. The summed E-state index contributed by atoms with van der Waals surface area (Å²) < 4.78 is 1.73. The van der Waals surface area contributed by atoms with E-state index >= 15 is 0 Å². The first-order valence-corrected chi connectivity index (χ1v) is 10.4. The van der Waals surface area contributed by atoms with Crippen LogP contribution >= 0.6 is 0 Å². The number of hydrogen-bond donors (Lipinski definition) is 1. The molecule has 0 amide bonds. The minimum absolute atomic E-state index is 0.0147. The molecule has 0 aliphatic carbocycles. The van der Waals surface area contributed by atoms with E-state index in [1.807, 2.05) is 37.3 Å². The van der Waals surface area contributed by atoms with Gasteiger partial charge in [-0.05, 0) is 36.6 Å². The Labute approximate surface area is 177 Å². The number of aromatic nitrogens is 2. The highest BCUT2D eigenvalue weighted by molar-refractivity contribution is 5.59. The molecule has 1 aliphatic heterocycles. The molecular formula is C24H28N4O2. The van der Waals surface area contributed by atoms with Gasteiger partial charge in [0, 0.05) is 24.2 Å². The van der Waals surface area contributed by atoms with Gasteiger partial charge in [0.05, 0.1) is 25.6 Å². The highest BCUT2D eigenvalue weighted by Crippen LogP contribution is 2.28. The first-order valence-electron chi connectivity index (χ1n) is 10.4. The summed E-state index contributed by atoms with van der Waals surface area (Å²) in [5, 5.41) is 9.49. The van der Waals surface area contributed by atoms with Crippen molar-refractivity contribution in [2.24, 2.45) is 0 Å². The van der Waals surface area contributed by atoms with Crippen molar-refractivity contribution in [3.63, 3.8) is 0 Å². The predicted molar refractivity (Wildman–Crippen MR) is 119 cm³/mol. The zero-order valence-corrected chi connectivity index (χ0v) is 17.6. The summed E-state index contributed by atoms with van der Waals surface area (Å²) in [7, 11) is 0. The highest BCUT2D eigenvalue weighted by Gasteiger charge is 2.27. The minimum Gasteiger partial charge on any atom is -0.395 e. The first-order chi connectivity index (χ1) is 14.6. The second-order valence-corrected chi connectivity index (χ2v) is 7.72. The van der Waals surface area contributed by atoms with Crippen LogP contribution in [0.4, 0.5) is 11.6 Å². The van der Waals surface area contributed by atoms with Crippen molar-refractivity contribution in [1.82, 2.24) is 14.5 Å². The second-order valence-electron chi connectivity index (χ2n) is 7.72. The summed E-state index contributed by atoms with van der Waals surface area (Å²) in [6.45, 7) is 5.59. The Morgan fingerprint density at radius 2 is 1.73 bits per heavy atom. The van der Waals surface area contributed by atoms with Crippen molar-refractivity contribution in [2.75, 3.05) is 24.7 Å². The molecule has 3 aromatic rings. The number of rotatable bonds is 6. The number of anilines is 2. The molecule has 0 atom stereocenters. The van der Waals surface area contributed by atoms with Crippen LogP contribution in [0.5, 0.6) is 0 Å². The van der Waals surface area contributed by atoms with Crippen molar-refractivity contribution in [3.8, 4) is 0 Å². The molecule has 1 N–H and O–H groups in total. The average Bonchev–Trinajstić information content (AvgIpc) is 2.78. The van der Waals surface area contributed by atoms with E-state index in [9.17, 15) is 9.90 Å². The fourth-order valence-corrected chi connectivity index (χ4v) is 3.92. The van der Waals surface area contributed by atoms with Gasteiger partial charge in [-0.25, -0.2) is 4.98 Å². The van der Waals surface area contributed by atoms with Crippen LogP contribution in [0, 0.1) is 6.92 Å². The lowest BCUT2D eigenvalue weighted by atomic mass is 10.1. The van der Waals surface area contributed by atoms with Crippen molar-refractivity contribution < 1.29 is 5.11 Å². The monoisotopic (exact) mass is 404 g/mol. The zero-order chi connectivity index (χ0) is 21.1. The van der Waals surface area contributed by atoms with Gasteiger partial charge in [-0.15, -0.1) is 0 Å². The Balaban J connectivity index is 1.78. The smallest absolute Gasteiger partial charge is 0.259 e. The number of fused-ring (bicyclic) bond motifs is 1. The molecule has 0 bridgehead atoms. The lowest BCUT2D eigenvalue weighted by Crippen LogP contribution is -2.48. The summed E-state index contributed by atoms with van der Waals surface area (Å²) >= 11 is 0. The van der Waals surface area contributed by atoms with Gasteiger partial charge in [0.25, 0.3) is 5.56 Å². The van der Waals surface area contributed by atoms with Crippen LogP contribution in [0.15, 0.2) is 59.4 Å². The number of aliphatic hydroxyl groups excluding tert-OH is 1. The van der Waals surface area contributed by atoms with Crippen LogP contribution < -0.4 is 10.5 Å². The largest absolute Gasteiger partial charge is 0.395 e. The van der Waals surface area contributed by atoms with Crippen molar-refractivity contribution in [3.05, 3.63) is 87.3 Å². The van der Waals surface area contributed by atoms with Gasteiger partial charge in [0.2, 0.25) is 5.95 Å². The molecule has 1 aromatic heterocycles. The summed E-state index contributed by atoms with van der Waals surface area (Å²) in [4.78, 5) is 22.5. The molecule has 1 aliphatic rings. The third-order valence-electron chi connectivity index (χ3n) is 5.67. The Morgan fingerprint density at radius 1 is 1.00 bits per heavy atom. The maximum atomic E-state index is 13.5. The van der Waals surface area contributed by atoms with Gasteiger partial charge in [-0.2, -0.15) is 0 Å². The maximum absolute atomic E-state index is 13.5. The van der Waals surface area contributed by atoms with Gasteiger partial charge in [0.1, 0.15) is 0 Å². The fraction of sp³-hybridized carbons (Fsp3) is 0.333. The molecule has 0 spiro atoms. The zero-order valence-electron chi connectivity index (χ0n) is 17.6. The number of β-amino-alcohol motifs (C(OH)–C–C–N with tert-alkyl or cyclic N) is 1. The SMILES string of the molecule is CCc1ccc(N2CN(CCO)Cn3c2nc(C)c(Cc2ccccc2)c3=O)cc1. The Morgan fingerprint density at radius 3 is 2.40 bits per heavy atom. The maximum Gasteiger partial charge on any atom is 0.259 e. The van der Waals surface area contributed by atoms with Crippen molar-refractivity contribution in [1.29, 1.82) is 0 Å². The van der Waals surface area contributed by atoms with Gasteiger partial charge in [0.15, 0.2) is 0 Å². The van der Waals surface area contributed by atoms with E-state index in [-0.39, 0.29) is 12.2 Å². The van der Waals surface area contributed by atoms with Crippen LogP contribution in [0.2, 0.25) is 0 Å². The molecule has 0 saturated carbocycles. The minimum atomic E-state index is -0.0147. The number of hydrogen-bond acceptors (Lipinski definition) is 5. The molecule has 0 unspecified atom stereocenters. The van der Waals surface area contributed by atoms with Crippen molar-refractivity contribution >= 4 is 11.6 Å². The Kier molecular flexibility index (Phi) is 5.97. The van der Waals surface area contributed by atoms with E-state index in [1.165, 1.54) is 5.56 Å². The lowest BCUT2D eigenvalue weighted by molar-refractivity contribution is 0.152. The number of aryl methyl sites for hydroxylation is 2. The molecule has 2 heterocycles. The summed E-state index contributed by atoms with van der Waals surface area (Å²) in [5.74, 6) is 0.660. The van der Waals surface area contributed by atoms with Gasteiger partial charge < -0.3 is 5.11 Å². The lowest BCUT2D eigenvalue weighted by Gasteiger charge is -2.38. The highest BCUT2D eigenvalue weighted by atomic mass is 16.3. The standard InChI is InChI=1S/C24H28N4O2/c1-3-19-9-11-21(12-10-19)27-16-26(13-14-29)17-28-23(30)22(18(2)25-24(27)28)15-20-7-5-4-6-8-20/h4-12,29H,3,13-17H2,1-2H3. The number of benzene rings is 2. The van der Waals surface area contributed by atoms with E-state index in [0.717, 1.165) is 28.9 Å². The van der Waals surface area contributed by atoms with E-state index in [2.05, 4.69) is 41.0 Å². The Hall–Kier alpha value is -2.96. The predicted octanol–water partition coefficient (Wildman–Crippen LogP) is 3.07. The number of nitrogens with zero attached hydrogens (tertiary/aromatic N) is 4. The molecule has 0 saturated heterocycles. The quantitative estimate of drug-likeness (QED) is 0.684. The molecular weight excluding hydrogens is 376 g/mol.